The summed E-state index contributed by atoms with van der Waals surface area (Å²) < 4.78 is 0. The molecule has 0 aliphatic rings. The molecule has 5 N–H and O–H groups in total. The Hall–Kier alpha value is -2.28. The molecule has 0 aromatic heterocycles. The molecule has 0 fully saturated rings. The zero-order valence-corrected chi connectivity index (χ0v) is 11.2. The van der Waals surface area contributed by atoms with Gasteiger partial charge in [-0.05, 0) is 17.7 Å². The minimum atomic E-state index is -1.35. The Morgan fingerprint density at radius 3 is 2.35 bits per heavy atom. The van der Waals surface area contributed by atoms with Gasteiger partial charge in [0.2, 0.25) is 5.91 Å². The molecule has 0 aliphatic carbocycles. The molecule has 1 atom stereocenters. The van der Waals surface area contributed by atoms with Crippen LogP contribution < -0.4 is 16.4 Å². The average Bonchev–Trinajstić information content (AvgIpc) is 2.36. The van der Waals surface area contributed by atoms with Gasteiger partial charge < -0.3 is 21.5 Å². The van der Waals surface area contributed by atoms with Crippen molar-refractivity contribution in [1.29, 1.82) is 0 Å². The number of benzene rings is 1. The molecule has 0 unspecified atom stereocenters. The molecular formula is C12H14ClN3O4. The number of primary amides is 1. The lowest BCUT2D eigenvalue weighted by atomic mass is 10.2. The molecule has 7 nitrogen and oxygen atoms in total. The minimum absolute atomic E-state index is 0.200. The van der Waals surface area contributed by atoms with Crippen LogP contribution in [0.25, 0.3) is 0 Å². The van der Waals surface area contributed by atoms with Gasteiger partial charge in [0.1, 0.15) is 6.04 Å². The number of aliphatic carboxylic acids is 1. The van der Waals surface area contributed by atoms with Crippen molar-refractivity contribution in [3.63, 3.8) is 0 Å². The summed E-state index contributed by atoms with van der Waals surface area (Å²) in [6, 6.07) is 4.74. The number of carboxylic acids is 1. The third kappa shape index (κ3) is 5.57. The third-order valence-corrected chi connectivity index (χ3v) is 2.63. The predicted molar refractivity (Wildman–Crippen MR) is 72.1 cm³/mol. The monoisotopic (exact) mass is 299 g/mol. The Labute approximate surface area is 120 Å². The Morgan fingerprint density at radius 2 is 1.85 bits per heavy atom. The quantitative estimate of drug-likeness (QED) is 0.610. The third-order valence-electron chi connectivity index (χ3n) is 2.38. The van der Waals surface area contributed by atoms with E-state index in [4.69, 9.17) is 22.4 Å². The number of nitrogens with one attached hydrogen (secondary N) is 2. The molecule has 8 heteroatoms. The van der Waals surface area contributed by atoms with E-state index in [9.17, 15) is 14.4 Å². The fourth-order valence-corrected chi connectivity index (χ4v) is 1.52. The Balaban J connectivity index is 2.47. The topological polar surface area (TPSA) is 122 Å². The molecule has 0 radical (unpaired) electrons. The molecule has 0 bridgehead atoms. The molecule has 1 aromatic rings. The number of amides is 3. The molecule has 1 rings (SSSR count). The van der Waals surface area contributed by atoms with E-state index in [0.29, 0.717) is 5.02 Å². The standard InChI is InChI=1S/C12H14ClN3O4/c13-8-3-1-7(2-4-8)6-15-12(20)16-9(11(18)19)5-10(14)17/h1-4,9H,5-6H2,(H2,14,17)(H,18,19)(H2,15,16,20)/t9-/m0/s1. The summed E-state index contributed by atoms with van der Waals surface area (Å²) in [7, 11) is 0. The molecule has 20 heavy (non-hydrogen) atoms. The van der Waals surface area contributed by atoms with Gasteiger partial charge in [-0.15, -0.1) is 0 Å². The summed E-state index contributed by atoms with van der Waals surface area (Å²) in [6.07, 6.45) is -0.469. The molecule has 0 heterocycles. The van der Waals surface area contributed by atoms with Crippen molar-refractivity contribution < 1.29 is 19.5 Å². The number of carbonyl (C=O) groups is 3. The van der Waals surface area contributed by atoms with Crippen LogP contribution in [0.5, 0.6) is 0 Å². The Bertz CT molecular complexity index is 504. The Morgan fingerprint density at radius 1 is 1.25 bits per heavy atom. The second-order valence-corrected chi connectivity index (χ2v) is 4.45. The van der Waals surface area contributed by atoms with E-state index in [1.54, 1.807) is 24.3 Å². The van der Waals surface area contributed by atoms with Crippen molar-refractivity contribution >= 4 is 29.5 Å². The summed E-state index contributed by atoms with van der Waals surface area (Å²) in [5.74, 6) is -2.14. The van der Waals surface area contributed by atoms with Gasteiger partial charge in [-0.2, -0.15) is 0 Å². The van der Waals surface area contributed by atoms with Crippen LogP contribution >= 0.6 is 11.6 Å². The van der Waals surface area contributed by atoms with Crippen LogP contribution in [-0.2, 0) is 16.1 Å². The predicted octanol–water partition coefficient (Wildman–Crippen LogP) is 0.468. The molecule has 0 saturated heterocycles. The van der Waals surface area contributed by atoms with E-state index in [-0.39, 0.29) is 6.54 Å². The maximum atomic E-state index is 11.5. The lowest BCUT2D eigenvalue weighted by Gasteiger charge is -2.13. The number of nitrogens with two attached hydrogens (primary N) is 1. The van der Waals surface area contributed by atoms with Gasteiger partial charge in [0.15, 0.2) is 0 Å². The maximum absolute atomic E-state index is 11.5. The largest absolute Gasteiger partial charge is 0.480 e. The van der Waals surface area contributed by atoms with Crippen molar-refractivity contribution in [2.24, 2.45) is 5.73 Å². The first-order chi connectivity index (χ1) is 9.38. The van der Waals surface area contributed by atoms with Crippen LogP contribution in [0.3, 0.4) is 0 Å². The fraction of sp³-hybridized carbons (Fsp3) is 0.250. The van der Waals surface area contributed by atoms with Crippen molar-refractivity contribution in [2.75, 3.05) is 0 Å². The first-order valence-corrected chi connectivity index (χ1v) is 6.06. The Kier molecular flexibility index (Phi) is 5.79. The van der Waals surface area contributed by atoms with E-state index < -0.39 is 30.4 Å². The average molecular weight is 300 g/mol. The van der Waals surface area contributed by atoms with Gasteiger partial charge in [-0.25, -0.2) is 9.59 Å². The zero-order valence-electron chi connectivity index (χ0n) is 10.4. The van der Waals surface area contributed by atoms with E-state index >= 15 is 0 Å². The molecule has 0 spiro atoms. The lowest BCUT2D eigenvalue weighted by molar-refractivity contribution is -0.140. The number of urea groups is 1. The smallest absolute Gasteiger partial charge is 0.326 e. The summed E-state index contributed by atoms with van der Waals surface area (Å²) >= 11 is 5.72. The van der Waals surface area contributed by atoms with Gasteiger partial charge in [0.05, 0.1) is 6.42 Å². The van der Waals surface area contributed by atoms with Crippen LogP contribution in [0, 0.1) is 0 Å². The first-order valence-electron chi connectivity index (χ1n) is 5.68. The van der Waals surface area contributed by atoms with Gasteiger partial charge in [-0.3, -0.25) is 4.79 Å². The van der Waals surface area contributed by atoms with Crippen LogP contribution in [0.15, 0.2) is 24.3 Å². The fourth-order valence-electron chi connectivity index (χ4n) is 1.40. The SMILES string of the molecule is NC(=O)C[C@H](NC(=O)NCc1ccc(Cl)cc1)C(=O)O. The summed E-state index contributed by atoms with van der Waals surface area (Å²) in [4.78, 5) is 33.0. The van der Waals surface area contributed by atoms with Gasteiger partial charge in [0.25, 0.3) is 0 Å². The first kappa shape index (κ1) is 15.8. The van der Waals surface area contributed by atoms with Crippen molar-refractivity contribution in [2.45, 2.75) is 19.0 Å². The molecule has 1 aromatic carbocycles. The number of carboxylic acid groups (broad SMARTS) is 1. The summed E-state index contributed by atoms with van der Waals surface area (Å²) in [5, 5.41) is 14.0. The van der Waals surface area contributed by atoms with E-state index in [1.807, 2.05) is 0 Å². The van der Waals surface area contributed by atoms with E-state index in [0.717, 1.165) is 5.56 Å². The van der Waals surface area contributed by atoms with Crippen molar-refractivity contribution in [3.05, 3.63) is 34.9 Å². The zero-order chi connectivity index (χ0) is 15.1. The maximum Gasteiger partial charge on any atom is 0.326 e. The number of hydrogen-bond donors (Lipinski definition) is 4. The van der Waals surface area contributed by atoms with Gasteiger partial charge in [-0.1, -0.05) is 23.7 Å². The molecule has 3 amide bonds. The highest BCUT2D eigenvalue weighted by molar-refractivity contribution is 6.30. The van der Waals surface area contributed by atoms with Crippen LogP contribution in [-0.4, -0.2) is 29.1 Å². The second-order valence-electron chi connectivity index (χ2n) is 4.01. The molecule has 108 valence electrons. The van der Waals surface area contributed by atoms with E-state index in [2.05, 4.69) is 10.6 Å². The van der Waals surface area contributed by atoms with Gasteiger partial charge in [0, 0.05) is 11.6 Å². The van der Waals surface area contributed by atoms with E-state index in [1.165, 1.54) is 0 Å². The highest BCUT2D eigenvalue weighted by atomic mass is 35.5. The number of halogens is 1. The highest BCUT2D eigenvalue weighted by Crippen LogP contribution is 2.09. The second kappa shape index (κ2) is 7.34. The summed E-state index contributed by atoms with van der Waals surface area (Å²) in [6.45, 7) is 0.200. The summed E-state index contributed by atoms with van der Waals surface area (Å²) in [5.41, 5.74) is 5.70. The molecule has 0 aliphatic heterocycles. The van der Waals surface area contributed by atoms with Gasteiger partial charge >= 0.3 is 12.0 Å². The van der Waals surface area contributed by atoms with Crippen molar-refractivity contribution in [1.82, 2.24) is 10.6 Å². The molecular weight excluding hydrogens is 286 g/mol. The van der Waals surface area contributed by atoms with Crippen LogP contribution in [0.1, 0.15) is 12.0 Å². The molecule has 0 saturated carbocycles. The number of hydrogen-bond acceptors (Lipinski definition) is 3. The normalized spacial score (nSPS) is 11.4. The minimum Gasteiger partial charge on any atom is -0.480 e. The number of rotatable bonds is 6. The van der Waals surface area contributed by atoms with Crippen molar-refractivity contribution in [3.8, 4) is 0 Å². The van der Waals surface area contributed by atoms with Crippen LogP contribution in [0.4, 0.5) is 4.79 Å². The van der Waals surface area contributed by atoms with Crippen LogP contribution in [0.2, 0.25) is 5.02 Å². The lowest BCUT2D eigenvalue weighted by Crippen LogP contribution is -2.47. The number of carbonyl (C=O) groups excluding carboxylic acids is 2. The highest BCUT2D eigenvalue weighted by Gasteiger charge is 2.21.